The minimum Gasteiger partial charge on any atom is -0.354 e. The van der Waals surface area contributed by atoms with Crippen LogP contribution in [-0.4, -0.2) is 49.2 Å². The van der Waals surface area contributed by atoms with E-state index in [0.29, 0.717) is 0 Å². The highest BCUT2D eigenvalue weighted by atomic mass is 15.3. The molecule has 102 valence electrons. The van der Waals surface area contributed by atoms with Crippen LogP contribution in [0.3, 0.4) is 0 Å². The van der Waals surface area contributed by atoms with Crippen LogP contribution < -0.4 is 10.6 Å². The predicted molar refractivity (Wildman–Crippen MR) is 79.1 cm³/mol. The van der Waals surface area contributed by atoms with Gasteiger partial charge in [0.15, 0.2) is 0 Å². The Hall–Kier alpha value is -1.57. The standard InChI is InChI=1S/C15H22N4/c1-2-4-14-5-6-15(17-13-14)19-11-9-18(10-12-19)8-3-7-16/h5-6,13H,3,7-12,16H2,1H3. The van der Waals surface area contributed by atoms with Gasteiger partial charge >= 0.3 is 0 Å². The van der Waals surface area contributed by atoms with Crippen LogP contribution in [0.25, 0.3) is 0 Å². The average Bonchev–Trinajstić information content (AvgIpc) is 2.47. The second-order valence-corrected chi connectivity index (χ2v) is 4.75. The maximum atomic E-state index is 5.54. The van der Waals surface area contributed by atoms with Gasteiger partial charge in [-0.25, -0.2) is 4.98 Å². The molecule has 4 heteroatoms. The number of anilines is 1. The average molecular weight is 258 g/mol. The molecular weight excluding hydrogens is 236 g/mol. The molecule has 1 saturated heterocycles. The highest BCUT2D eigenvalue weighted by molar-refractivity contribution is 5.43. The summed E-state index contributed by atoms with van der Waals surface area (Å²) in [6.45, 7) is 8.00. The van der Waals surface area contributed by atoms with Gasteiger partial charge in [-0.15, -0.1) is 5.92 Å². The third kappa shape index (κ3) is 3.95. The first-order valence-corrected chi connectivity index (χ1v) is 6.89. The highest BCUT2D eigenvalue weighted by Crippen LogP contribution is 2.13. The van der Waals surface area contributed by atoms with Crippen LogP contribution in [0.1, 0.15) is 18.9 Å². The lowest BCUT2D eigenvalue weighted by atomic mass is 10.2. The van der Waals surface area contributed by atoms with Crippen molar-refractivity contribution in [3.05, 3.63) is 23.9 Å². The van der Waals surface area contributed by atoms with Crippen molar-refractivity contribution in [2.75, 3.05) is 44.2 Å². The van der Waals surface area contributed by atoms with Crippen LogP contribution in [0.5, 0.6) is 0 Å². The van der Waals surface area contributed by atoms with Crippen molar-refractivity contribution in [1.82, 2.24) is 9.88 Å². The Morgan fingerprint density at radius 3 is 2.63 bits per heavy atom. The van der Waals surface area contributed by atoms with Crippen molar-refractivity contribution in [3.8, 4) is 11.8 Å². The molecule has 0 radical (unpaired) electrons. The second-order valence-electron chi connectivity index (χ2n) is 4.75. The first-order valence-electron chi connectivity index (χ1n) is 6.89. The molecule has 19 heavy (non-hydrogen) atoms. The molecule has 2 rings (SSSR count). The molecule has 2 heterocycles. The Kier molecular flexibility index (Phi) is 5.20. The Labute approximate surface area is 115 Å². The van der Waals surface area contributed by atoms with Crippen LogP contribution in [-0.2, 0) is 0 Å². The van der Waals surface area contributed by atoms with Crippen LogP contribution in [0.4, 0.5) is 5.82 Å². The zero-order chi connectivity index (χ0) is 13.5. The molecular formula is C15H22N4. The van der Waals surface area contributed by atoms with Crippen molar-refractivity contribution in [3.63, 3.8) is 0 Å². The molecule has 0 amide bonds. The summed E-state index contributed by atoms with van der Waals surface area (Å²) in [4.78, 5) is 9.30. The first kappa shape index (κ1) is 13.9. The van der Waals surface area contributed by atoms with Crippen LogP contribution in [0.15, 0.2) is 18.3 Å². The van der Waals surface area contributed by atoms with Gasteiger partial charge in [-0.3, -0.25) is 4.90 Å². The highest BCUT2D eigenvalue weighted by Gasteiger charge is 2.17. The van der Waals surface area contributed by atoms with Gasteiger partial charge in [0.2, 0.25) is 0 Å². The number of hydrogen-bond donors (Lipinski definition) is 1. The van der Waals surface area contributed by atoms with Crippen molar-refractivity contribution >= 4 is 5.82 Å². The molecule has 0 bridgehead atoms. The molecule has 0 saturated carbocycles. The van der Waals surface area contributed by atoms with E-state index in [1.54, 1.807) is 0 Å². The molecule has 0 spiro atoms. The molecule has 0 unspecified atom stereocenters. The summed E-state index contributed by atoms with van der Waals surface area (Å²) < 4.78 is 0. The Morgan fingerprint density at radius 2 is 2.05 bits per heavy atom. The zero-order valence-corrected chi connectivity index (χ0v) is 11.6. The van der Waals surface area contributed by atoms with E-state index in [-0.39, 0.29) is 0 Å². The first-order chi connectivity index (χ1) is 9.33. The number of rotatable bonds is 4. The number of piperazine rings is 1. The van der Waals surface area contributed by atoms with E-state index in [2.05, 4.69) is 32.7 Å². The van der Waals surface area contributed by atoms with Gasteiger partial charge in [-0.05, 0) is 38.6 Å². The Balaban J connectivity index is 1.88. The number of pyridine rings is 1. The molecule has 0 aromatic carbocycles. The molecule has 4 nitrogen and oxygen atoms in total. The van der Waals surface area contributed by atoms with Gasteiger partial charge in [-0.1, -0.05) is 5.92 Å². The van der Waals surface area contributed by atoms with E-state index >= 15 is 0 Å². The minimum atomic E-state index is 0.779. The lowest BCUT2D eigenvalue weighted by Crippen LogP contribution is -2.47. The van der Waals surface area contributed by atoms with E-state index in [9.17, 15) is 0 Å². The number of aromatic nitrogens is 1. The Morgan fingerprint density at radius 1 is 1.26 bits per heavy atom. The van der Waals surface area contributed by atoms with E-state index in [1.807, 2.05) is 19.2 Å². The van der Waals surface area contributed by atoms with Gasteiger partial charge in [0.25, 0.3) is 0 Å². The molecule has 1 aliphatic heterocycles. The smallest absolute Gasteiger partial charge is 0.128 e. The largest absolute Gasteiger partial charge is 0.354 e. The lowest BCUT2D eigenvalue weighted by molar-refractivity contribution is 0.256. The quantitative estimate of drug-likeness (QED) is 0.816. The van der Waals surface area contributed by atoms with Gasteiger partial charge in [0.1, 0.15) is 5.82 Å². The fraction of sp³-hybridized carbons (Fsp3) is 0.533. The molecule has 0 atom stereocenters. The molecule has 1 aromatic rings. The zero-order valence-electron chi connectivity index (χ0n) is 11.6. The molecule has 1 aromatic heterocycles. The molecule has 0 aliphatic carbocycles. The summed E-state index contributed by atoms with van der Waals surface area (Å²) in [5.41, 5.74) is 6.52. The number of nitrogens with two attached hydrogens (primary N) is 1. The topological polar surface area (TPSA) is 45.4 Å². The molecule has 1 aliphatic rings. The summed E-state index contributed by atoms with van der Waals surface area (Å²) >= 11 is 0. The lowest BCUT2D eigenvalue weighted by Gasteiger charge is -2.35. The third-order valence-electron chi connectivity index (χ3n) is 3.39. The number of nitrogens with zero attached hydrogens (tertiary/aromatic N) is 3. The Bertz CT molecular complexity index is 435. The molecule has 1 fully saturated rings. The summed E-state index contributed by atoms with van der Waals surface area (Å²) in [5, 5.41) is 0. The monoisotopic (exact) mass is 258 g/mol. The minimum absolute atomic E-state index is 0.779. The molecule has 2 N–H and O–H groups in total. The third-order valence-corrected chi connectivity index (χ3v) is 3.39. The predicted octanol–water partition coefficient (Wildman–Crippen LogP) is 0.924. The van der Waals surface area contributed by atoms with Crippen molar-refractivity contribution in [2.24, 2.45) is 5.73 Å². The second kappa shape index (κ2) is 7.13. The summed E-state index contributed by atoms with van der Waals surface area (Å²) in [7, 11) is 0. The van der Waals surface area contributed by atoms with Crippen molar-refractivity contribution in [2.45, 2.75) is 13.3 Å². The fourth-order valence-electron chi connectivity index (χ4n) is 2.31. The van der Waals surface area contributed by atoms with E-state index in [0.717, 1.165) is 57.1 Å². The van der Waals surface area contributed by atoms with Crippen LogP contribution in [0.2, 0.25) is 0 Å². The van der Waals surface area contributed by atoms with Crippen molar-refractivity contribution < 1.29 is 0 Å². The van der Waals surface area contributed by atoms with Crippen molar-refractivity contribution in [1.29, 1.82) is 0 Å². The maximum absolute atomic E-state index is 5.54. The summed E-state index contributed by atoms with van der Waals surface area (Å²) in [6, 6.07) is 4.11. The summed E-state index contributed by atoms with van der Waals surface area (Å²) in [6.07, 6.45) is 2.94. The van der Waals surface area contributed by atoms with E-state index in [1.165, 1.54) is 0 Å². The van der Waals surface area contributed by atoms with Gasteiger partial charge in [-0.2, -0.15) is 0 Å². The normalized spacial score (nSPS) is 16.0. The van der Waals surface area contributed by atoms with E-state index in [4.69, 9.17) is 5.73 Å². The van der Waals surface area contributed by atoms with Crippen LogP contribution >= 0.6 is 0 Å². The van der Waals surface area contributed by atoms with E-state index < -0.39 is 0 Å². The van der Waals surface area contributed by atoms with Gasteiger partial charge in [0.05, 0.1) is 0 Å². The summed E-state index contributed by atoms with van der Waals surface area (Å²) in [5.74, 6) is 6.96. The van der Waals surface area contributed by atoms with Gasteiger partial charge in [0, 0.05) is 37.9 Å². The maximum Gasteiger partial charge on any atom is 0.128 e. The fourth-order valence-corrected chi connectivity index (χ4v) is 2.31. The number of hydrogen-bond acceptors (Lipinski definition) is 4. The van der Waals surface area contributed by atoms with Gasteiger partial charge < -0.3 is 10.6 Å². The van der Waals surface area contributed by atoms with Crippen LogP contribution in [0, 0.1) is 11.8 Å². The SMILES string of the molecule is CC#Cc1ccc(N2CCN(CCCN)CC2)nc1.